The highest BCUT2D eigenvalue weighted by Gasteiger charge is 2.23. The van der Waals surface area contributed by atoms with E-state index in [9.17, 15) is 8.42 Å². The maximum atomic E-state index is 13.1. The molecule has 29 heavy (non-hydrogen) atoms. The summed E-state index contributed by atoms with van der Waals surface area (Å²) in [6.07, 6.45) is 0. The van der Waals surface area contributed by atoms with Crippen molar-refractivity contribution >= 4 is 48.3 Å². The Balaban J connectivity index is 1.70. The van der Waals surface area contributed by atoms with Gasteiger partial charge < -0.3 is 9.88 Å². The van der Waals surface area contributed by atoms with Crippen molar-refractivity contribution in [3.8, 4) is 0 Å². The second-order valence-electron chi connectivity index (χ2n) is 7.56. The number of piperazine rings is 1. The van der Waals surface area contributed by atoms with Crippen LogP contribution in [0.5, 0.6) is 0 Å². The van der Waals surface area contributed by atoms with Gasteiger partial charge in [0, 0.05) is 58.8 Å². The first-order valence-corrected chi connectivity index (χ1v) is 12.3. The number of aromatic amines is 1. The molecule has 0 saturated carbocycles. The number of fused-ring (bicyclic) bond motifs is 1. The number of H-pyrrole nitrogens is 1. The highest BCUT2D eigenvalue weighted by Crippen LogP contribution is 2.30. The van der Waals surface area contributed by atoms with Crippen LogP contribution in [0.15, 0.2) is 51.8 Å². The van der Waals surface area contributed by atoms with Crippen LogP contribution in [0.3, 0.4) is 0 Å². The molecule has 1 fully saturated rings. The van der Waals surface area contributed by atoms with E-state index < -0.39 is 9.84 Å². The number of sulfone groups is 1. The van der Waals surface area contributed by atoms with E-state index in [2.05, 4.69) is 43.8 Å². The number of benzene rings is 2. The number of likely N-dealkylation sites (N-methyl/N-ethyl adjacent to an activating group) is 1. The van der Waals surface area contributed by atoms with Crippen molar-refractivity contribution in [1.82, 2.24) is 14.8 Å². The lowest BCUT2D eigenvalue weighted by molar-refractivity contribution is 0.148. The van der Waals surface area contributed by atoms with E-state index in [4.69, 9.17) is 11.6 Å². The predicted molar refractivity (Wildman–Crippen MR) is 121 cm³/mol. The first kappa shape index (κ1) is 20.9. The van der Waals surface area contributed by atoms with Gasteiger partial charge in [-0.2, -0.15) is 0 Å². The van der Waals surface area contributed by atoms with Crippen molar-refractivity contribution < 1.29 is 8.42 Å². The van der Waals surface area contributed by atoms with Crippen molar-refractivity contribution in [2.75, 3.05) is 33.2 Å². The van der Waals surface area contributed by atoms with E-state index in [0.717, 1.165) is 59.4 Å². The number of rotatable bonds is 5. The Kier molecular flexibility index (Phi) is 6.04. The lowest BCUT2D eigenvalue weighted by atomic mass is 10.1. The Labute approximate surface area is 184 Å². The van der Waals surface area contributed by atoms with Gasteiger partial charge in [-0.05, 0) is 55.1 Å². The highest BCUT2D eigenvalue weighted by molar-refractivity contribution is 9.10. The second-order valence-corrected chi connectivity index (χ2v) is 10.9. The van der Waals surface area contributed by atoms with Gasteiger partial charge in [0.2, 0.25) is 0 Å². The van der Waals surface area contributed by atoms with Crippen LogP contribution >= 0.6 is 27.5 Å². The zero-order valence-corrected chi connectivity index (χ0v) is 19.3. The van der Waals surface area contributed by atoms with Gasteiger partial charge in [0.05, 0.1) is 10.6 Å². The molecule has 1 N–H and O–H groups in total. The second kappa shape index (κ2) is 8.40. The van der Waals surface area contributed by atoms with Crippen molar-refractivity contribution in [3.63, 3.8) is 0 Å². The lowest BCUT2D eigenvalue weighted by Crippen LogP contribution is -2.44. The van der Waals surface area contributed by atoms with Crippen LogP contribution in [0, 0.1) is 0 Å². The molecule has 0 radical (unpaired) electrons. The van der Waals surface area contributed by atoms with Gasteiger partial charge in [-0.1, -0.05) is 27.5 Å². The van der Waals surface area contributed by atoms with Gasteiger partial charge >= 0.3 is 0 Å². The molecule has 0 aliphatic carbocycles. The van der Waals surface area contributed by atoms with Crippen molar-refractivity contribution in [3.05, 3.63) is 63.2 Å². The normalized spacial score (nSPS) is 16.5. The minimum Gasteiger partial charge on any atom is -0.357 e. The first-order valence-electron chi connectivity index (χ1n) is 9.50. The van der Waals surface area contributed by atoms with Gasteiger partial charge in [0.1, 0.15) is 0 Å². The average Bonchev–Trinajstić information content (AvgIpc) is 3.00. The lowest BCUT2D eigenvalue weighted by Gasteiger charge is -2.32. The molecule has 2 heterocycles. The zero-order valence-electron chi connectivity index (χ0n) is 16.2. The molecular formula is C21H23BrClN3O2S. The molecule has 3 aromatic rings. The van der Waals surface area contributed by atoms with Gasteiger partial charge in [-0.25, -0.2) is 8.42 Å². The number of nitrogens with one attached hydrogen (secondary N) is 1. The van der Waals surface area contributed by atoms with Gasteiger partial charge in [-0.15, -0.1) is 0 Å². The smallest absolute Gasteiger partial charge is 0.183 e. The number of hydrogen-bond acceptors (Lipinski definition) is 4. The van der Waals surface area contributed by atoms with E-state index in [-0.39, 0.29) is 10.6 Å². The zero-order chi connectivity index (χ0) is 20.6. The molecule has 1 aliphatic rings. The molecule has 2 aromatic carbocycles. The van der Waals surface area contributed by atoms with Crippen LogP contribution < -0.4 is 0 Å². The number of aromatic nitrogens is 1. The maximum Gasteiger partial charge on any atom is 0.183 e. The Bertz CT molecular complexity index is 1120. The third-order valence-electron chi connectivity index (χ3n) is 5.44. The summed E-state index contributed by atoms with van der Waals surface area (Å²) in [6, 6.07) is 12.4. The molecule has 8 heteroatoms. The molecule has 0 spiro atoms. The molecule has 1 aromatic heterocycles. The fourth-order valence-electron chi connectivity index (χ4n) is 3.72. The Hall–Kier alpha value is -1.38. The molecule has 5 nitrogen and oxygen atoms in total. The quantitative estimate of drug-likeness (QED) is 0.572. The van der Waals surface area contributed by atoms with Gasteiger partial charge in [-0.3, -0.25) is 4.90 Å². The molecule has 0 unspecified atom stereocenters. The minimum atomic E-state index is -3.49. The number of nitrogens with zero attached hydrogens (tertiary/aromatic N) is 2. The Morgan fingerprint density at radius 1 is 1.07 bits per heavy atom. The van der Waals surface area contributed by atoms with Crippen LogP contribution in [-0.4, -0.2) is 56.4 Å². The third kappa shape index (κ3) is 4.70. The van der Waals surface area contributed by atoms with E-state index >= 15 is 0 Å². The standard InChI is InChI=1S/C21H23BrClN3O2S/c1-25-8-10-26(11-9-25)13-19-18-12-15(22)2-7-20(18)24-21(19)14-29(27,28)17-5-3-16(23)4-6-17/h2-7,12,24H,8-11,13-14H2,1H3. The third-order valence-corrected chi connectivity index (χ3v) is 7.85. The van der Waals surface area contributed by atoms with Gasteiger partial charge in [0.15, 0.2) is 9.84 Å². The summed E-state index contributed by atoms with van der Waals surface area (Å²) in [5.41, 5.74) is 2.77. The highest BCUT2D eigenvalue weighted by atomic mass is 79.9. The SMILES string of the molecule is CN1CCN(Cc2c(CS(=O)(=O)c3ccc(Cl)cc3)[nH]c3ccc(Br)cc23)CC1. The number of halogens is 2. The fourth-order valence-corrected chi connectivity index (χ4v) is 5.56. The van der Waals surface area contributed by atoms with Crippen LogP contribution in [0.4, 0.5) is 0 Å². The fraction of sp³-hybridized carbons (Fsp3) is 0.333. The van der Waals surface area contributed by atoms with Crippen LogP contribution in [0.25, 0.3) is 10.9 Å². The van der Waals surface area contributed by atoms with Crippen molar-refractivity contribution in [1.29, 1.82) is 0 Å². The molecule has 4 rings (SSSR count). The molecule has 1 aliphatic heterocycles. The van der Waals surface area contributed by atoms with Crippen LogP contribution in [0.2, 0.25) is 5.02 Å². The molecular weight excluding hydrogens is 474 g/mol. The van der Waals surface area contributed by atoms with Crippen molar-refractivity contribution in [2.45, 2.75) is 17.2 Å². The van der Waals surface area contributed by atoms with E-state index in [1.165, 1.54) is 0 Å². The summed E-state index contributed by atoms with van der Waals surface area (Å²) in [4.78, 5) is 8.35. The summed E-state index contributed by atoms with van der Waals surface area (Å²) in [5, 5.41) is 1.59. The average molecular weight is 497 g/mol. The topological polar surface area (TPSA) is 56.4 Å². The summed E-state index contributed by atoms with van der Waals surface area (Å²) in [7, 11) is -1.36. The summed E-state index contributed by atoms with van der Waals surface area (Å²) < 4.78 is 27.1. The molecule has 154 valence electrons. The maximum absolute atomic E-state index is 13.1. The Morgan fingerprint density at radius 3 is 2.45 bits per heavy atom. The predicted octanol–water partition coefficient (Wildman–Crippen LogP) is 4.31. The van der Waals surface area contributed by atoms with Crippen molar-refractivity contribution in [2.24, 2.45) is 0 Å². The minimum absolute atomic E-state index is 0.0655. The Morgan fingerprint density at radius 2 is 1.76 bits per heavy atom. The molecule has 0 amide bonds. The van der Waals surface area contributed by atoms with Crippen LogP contribution in [0.1, 0.15) is 11.3 Å². The van der Waals surface area contributed by atoms with E-state index in [0.29, 0.717) is 5.02 Å². The summed E-state index contributed by atoms with van der Waals surface area (Å²) >= 11 is 9.47. The van der Waals surface area contributed by atoms with E-state index in [1.807, 2.05) is 12.1 Å². The first-order chi connectivity index (χ1) is 13.8. The van der Waals surface area contributed by atoms with Crippen LogP contribution in [-0.2, 0) is 22.1 Å². The monoisotopic (exact) mass is 495 g/mol. The summed E-state index contributed by atoms with van der Waals surface area (Å²) in [5.74, 6) is -0.0655. The summed E-state index contributed by atoms with van der Waals surface area (Å²) in [6.45, 7) is 4.71. The number of hydrogen-bond donors (Lipinski definition) is 1. The largest absolute Gasteiger partial charge is 0.357 e. The molecule has 0 bridgehead atoms. The van der Waals surface area contributed by atoms with Gasteiger partial charge in [0.25, 0.3) is 0 Å². The molecule has 0 atom stereocenters. The van der Waals surface area contributed by atoms with E-state index in [1.54, 1.807) is 24.3 Å². The molecule has 1 saturated heterocycles.